The normalized spacial score (nSPS) is 20.4. The van der Waals surface area contributed by atoms with Crippen molar-refractivity contribution in [1.29, 1.82) is 0 Å². The van der Waals surface area contributed by atoms with E-state index in [2.05, 4.69) is 22.1 Å². The summed E-state index contributed by atoms with van der Waals surface area (Å²) in [6.07, 6.45) is 0. The Balaban J connectivity index is 1.47. The third-order valence-electron chi connectivity index (χ3n) is 6.44. The molecule has 2 unspecified atom stereocenters. The predicted octanol–water partition coefficient (Wildman–Crippen LogP) is 5.16. The molecule has 2 aromatic carbocycles. The summed E-state index contributed by atoms with van der Waals surface area (Å²) < 4.78 is 1.82. The van der Waals surface area contributed by atoms with Gasteiger partial charge >= 0.3 is 0 Å². The van der Waals surface area contributed by atoms with E-state index in [0.717, 1.165) is 35.9 Å². The highest BCUT2D eigenvalue weighted by Crippen LogP contribution is 2.42. The largest absolute Gasteiger partial charge is 0.368 e. The lowest BCUT2D eigenvalue weighted by Gasteiger charge is -2.40. The van der Waals surface area contributed by atoms with Crippen LogP contribution in [-0.4, -0.2) is 52.5 Å². The fourth-order valence-corrected chi connectivity index (χ4v) is 5.23. The Bertz CT molecular complexity index is 1210. The summed E-state index contributed by atoms with van der Waals surface area (Å²) in [6, 6.07) is 17.4. The van der Waals surface area contributed by atoms with Gasteiger partial charge in [-0.05, 0) is 37.6 Å². The fourth-order valence-electron chi connectivity index (χ4n) is 4.81. The number of carbonyl (C=O) groups is 1. The van der Waals surface area contributed by atoms with E-state index in [0.29, 0.717) is 23.1 Å². The monoisotopic (exact) mass is 481 g/mol. The summed E-state index contributed by atoms with van der Waals surface area (Å²) in [6.45, 7) is 6.71. The summed E-state index contributed by atoms with van der Waals surface area (Å²) in [5.74, 6) is 0.267. The van der Waals surface area contributed by atoms with Gasteiger partial charge in [-0.15, -0.1) is 0 Å². The lowest BCUT2D eigenvalue weighted by molar-refractivity contribution is -0.134. The Hall–Kier alpha value is -2.83. The molecule has 2 aliphatic rings. The number of fused-ring (bicyclic) bond motifs is 1. The second-order valence-electron chi connectivity index (χ2n) is 8.56. The quantitative estimate of drug-likeness (QED) is 0.519. The van der Waals surface area contributed by atoms with Crippen molar-refractivity contribution in [3.63, 3.8) is 0 Å². The van der Waals surface area contributed by atoms with E-state index < -0.39 is 12.0 Å². The van der Waals surface area contributed by atoms with Gasteiger partial charge in [0.2, 0.25) is 5.91 Å². The van der Waals surface area contributed by atoms with Crippen LogP contribution in [-0.2, 0) is 4.79 Å². The molecule has 0 bridgehead atoms. The van der Waals surface area contributed by atoms with Gasteiger partial charge in [-0.3, -0.25) is 4.79 Å². The number of aromatic nitrogens is 2. The number of hydrogen-bond acceptors (Lipinski definition) is 4. The molecule has 0 spiro atoms. The number of carbonyl (C=O) groups excluding carboxylic acids is 1. The molecule has 33 heavy (non-hydrogen) atoms. The maximum Gasteiger partial charge on any atom is 0.234 e. The number of aryl methyl sites for hydroxylation is 1. The number of anilines is 1. The molecule has 1 aromatic heterocycles. The maximum atomic E-state index is 13.9. The van der Waals surface area contributed by atoms with E-state index in [1.807, 2.05) is 59.8 Å². The number of benzene rings is 2. The second kappa shape index (κ2) is 8.84. The summed E-state index contributed by atoms with van der Waals surface area (Å²) in [7, 11) is 0. The zero-order chi connectivity index (χ0) is 23.1. The van der Waals surface area contributed by atoms with E-state index in [9.17, 15) is 4.79 Å². The van der Waals surface area contributed by atoms with Gasteiger partial charge in [0.05, 0.1) is 21.8 Å². The van der Waals surface area contributed by atoms with Gasteiger partial charge in [0.15, 0.2) is 5.82 Å². The minimum Gasteiger partial charge on any atom is -0.368 e. The third-order valence-corrected chi connectivity index (χ3v) is 7.27. The highest BCUT2D eigenvalue weighted by atomic mass is 35.5. The van der Waals surface area contributed by atoms with Crippen molar-refractivity contribution in [2.75, 3.05) is 31.1 Å². The molecule has 2 atom stereocenters. The standard InChI is InChI=1S/C25H25Cl2N5O/c1-16-15-21-28-17(2)22(24(32(21)29-16)19-9-6-10-20(26)23(19)27)25(33)31-13-11-30(12-14-31)18-7-4-3-5-8-18/h3-10,15,22,24H,11-14H2,1-2H3. The molecule has 1 amide bonds. The first-order valence-corrected chi connectivity index (χ1v) is 11.8. The minimum atomic E-state index is -0.504. The number of hydrogen-bond donors (Lipinski definition) is 0. The van der Waals surface area contributed by atoms with E-state index in [1.165, 1.54) is 5.69 Å². The smallest absolute Gasteiger partial charge is 0.234 e. The second-order valence-corrected chi connectivity index (χ2v) is 9.34. The van der Waals surface area contributed by atoms with Crippen LogP contribution < -0.4 is 4.90 Å². The molecule has 0 aliphatic carbocycles. The van der Waals surface area contributed by atoms with Gasteiger partial charge in [0.1, 0.15) is 5.92 Å². The molecule has 1 saturated heterocycles. The first-order valence-electron chi connectivity index (χ1n) is 11.1. The van der Waals surface area contributed by atoms with Gasteiger partial charge in [0, 0.05) is 43.6 Å². The number of halogens is 2. The van der Waals surface area contributed by atoms with Crippen LogP contribution in [0.5, 0.6) is 0 Å². The summed E-state index contributed by atoms with van der Waals surface area (Å²) in [5.41, 5.74) is 3.57. The molecule has 5 rings (SSSR count). The SMILES string of the molecule is CC1=Nc2cc(C)nn2C(c2cccc(Cl)c2Cl)C1C(=O)N1CCN(c2ccccc2)CC1. The van der Waals surface area contributed by atoms with Crippen LogP contribution in [0.15, 0.2) is 59.6 Å². The Morgan fingerprint density at radius 2 is 1.70 bits per heavy atom. The number of para-hydroxylation sites is 1. The molecule has 3 heterocycles. The Kier molecular flexibility index (Phi) is 5.89. The van der Waals surface area contributed by atoms with Gasteiger partial charge in [-0.25, -0.2) is 9.67 Å². The minimum absolute atomic E-state index is 0.0452. The number of amides is 1. The lowest BCUT2D eigenvalue weighted by Crippen LogP contribution is -2.53. The molecule has 0 radical (unpaired) electrons. The molecule has 0 N–H and O–H groups in total. The van der Waals surface area contributed by atoms with Crippen LogP contribution >= 0.6 is 23.2 Å². The van der Waals surface area contributed by atoms with E-state index in [1.54, 1.807) is 6.07 Å². The highest BCUT2D eigenvalue weighted by molar-refractivity contribution is 6.42. The lowest BCUT2D eigenvalue weighted by atomic mass is 9.86. The van der Waals surface area contributed by atoms with Crippen molar-refractivity contribution in [1.82, 2.24) is 14.7 Å². The average Bonchev–Trinajstić information content (AvgIpc) is 3.20. The summed E-state index contributed by atoms with van der Waals surface area (Å²) in [4.78, 5) is 22.9. The van der Waals surface area contributed by atoms with Crippen LogP contribution in [0.3, 0.4) is 0 Å². The van der Waals surface area contributed by atoms with Gasteiger partial charge in [-0.2, -0.15) is 5.10 Å². The molecule has 1 fully saturated rings. The Morgan fingerprint density at radius 1 is 0.970 bits per heavy atom. The summed E-state index contributed by atoms with van der Waals surface area (Å²) >= 11 is 13.0. The Labute approximate surface area is 203 Å². The number of rotatable bonds is 3. The van der Waals surface area contributed by atoms with E-state index in [4.69, 9.17) is 28.2 Å². The van der Waals surface area contributed by atoms with Crippen LogP contribution in [0.2, 0.25) is 10.0 Å². The van der Waals surface area contributed by atoms with Crippen molar-refractivity contribution in [2.45, 2.75) is 19.9 Å². The van der Waals surface area contributed by atoms with Crippen LogP contribution in [0.4, 0.5) is 11.5 Å². The highest BCUT2D eigenvalue weighted by Gasteiger charge is 2.42. The van der Waals surface area contributed by atoms with E-state index in [-0.39, 0.29) is 5.91 Å². The molecule has 170 valence electrons. The number of nitrogens with zero attached hydrogens (tertiary/aromatic N) is 5. The third kappa shape index (κ3) is 4.02. The molecule has 6 nitrogen and oxygen atoms in total. The molecule has 0 saturated carbocycles. The zero-order valence-electron chi connectivity index (χ0n) is 18.6. The van der Waals surface area contributed by atoms with Gasteiger partial charge in [-0.1, -0.05) is 53.5 Å². The van der Waals surface area contributed by atoms with Crippen LogP contribution in [0.1, 0.15) is 24.2 Å². The predicted molar refractivity (Wildman–Crippen MR) is 133 cm³/mol. The topological polar surface area (TPSA) is 53.7 Å². The molecular weight excluding hydrogens is 457 g/mol. The first-order chi connectivity index (χ1) is 15.9. The van der Waals surface area contributed by atoms with Gasteiger partial charge < -0.3 is 9.80 Å². The van der Waals surface area contributed by atoms with Crippen molar-refractivity contribution < 1.29 is 4.79 Å². The van der Waals surface area contributed by atoms with E-state index >= 15 is 0 Å². The van der Waals surface area contributed by atoms with Crippen molar-refractivity contribution >= 4 is 46.3 Å². The van der Waals surface area contributed by atoms with Crippen molar-refractivity contribution in [2.24, 2.45) is 10.9 Å². The maximum absolute atomic E-state index is 13.9. The molecule has 8 heteroatoms. The molecule has 2 aliphatic heterocycles. The van der Waals surface area contributed by atoms with Crippen molar-refractivity contribution in [3.05, 3.63) is 75.9 Å². The molecule has 3 aromatic rings. The van der Waals surface area contributed by atoms with Crippen LogP contribution in [0.25, 0.3) is 0 Å². The first kappa shape index (κ1) is 22.0. The fraction of sp³-hybridized carbons (Fsp3) is 0.320. The number of aliphatic imine (C=N–C) groups is 1. The van der Waals surface area contributed by atoms with Crippen LogP contribution in [0, 0.1) is 12.8 Å². The molecular formula is C25H25Cl2N5O. The Morgan fingerprint density at radius 3 is 2.42 bits per heavy atom. The summed E-state index contributed by atoms with van der Waals surface area (Å²) in [5, 5.41) is 5.58. The van der Waals surface area contributed by atoms with Crippen molar-refractivity contribution in [3.8, 4) is 0 Å². The zero-order valence-corrected chi connectivity index (χ0v) is 20.1. The number of piperazine rings is 1. The average molecular weight is 482 g/mol. The van der Waals surface area contributed by atoms with Gasteiger partial charge in [0.25, 0.3) is 0 Å².